The molecule has 2 rings (SSSR count). The fraction of sp³-hybridized carbons (Fsp3) is 0.429. The van der Waals surface area contributed by atoms with Crippen LogP contribution in [0.25, 0.3) is 10.2 Å². The maximum atomic E-state index is 12.0. The van der Waals surface area contributed by atoms with Gasteiger partial charge in [-0.1, -0.05) is 0 Å². The topological polar surface area (TPSA) is 92.6 Å². The van der Waals surface area contributed by atoms with Crippen molar-refractivity contribution >= 4 is 39.3 Å². The second-order valence-corrected chi connectivity index (χ2v) is 5.78. The van der Waals surface area contributed by atoms with Gasteiger partial charge in [0.2, 0.25) is 0 Å². The standard InChI is InChI=1S/C14H17N3O4S/c1-5-21-14(20)10-7(2)9-11(15-6-16-12(9)22-10)17(4)8(3)13(18)19/h6,8H,5H2,1-4H3,(H,18,19). The maximum absolute atomic E-state index is 12.0. The van der Waals surface area contributed by atoms with Gasteiger partial charge in [0.05, 0.1) is 12.0 Å². The summed E-state index contributed by atoms with van der Waals surface area (Å²) in [6.07, 6.45) is 1.37. The molecule has 0 radical (unpaired) electrons. The van der Waals surface area contributed by atoms with E-state index in [1.165, 1.54) is 17.7 Å². The molecule has 7 nitrogen and oxygen atoms in total. The van der Waals surface area contributed by atoms with Crippen molar-refractivity contribution in [2.75, 3.05) is 18.6 Å². The van der Waals surface area contributed by atoms with Crippen molar-refractivity contribution in [3.8, 4) is 0 Å². The molecule has 118 valence electrons. The summed E-state index contributed by atoms with van der Waals surface area (Å²) in [5, 5.41) is 9.85. The van der Waals surface area contributed by atoms with Gasteiger partial charge < -0.3 is 14.7 Å². The molecule has 22 heavy (non-hydrogen) atoms. The molecule has 0 fully saturated rings. The second kappa shape index (κ2) is 6.27. The van der Waals surface area contributed by atoms with Crippen molar-refractivity contribution in [3.63, 3.8) is 0 Å². The van der Waals surface area contributed by atoms with Gasteiger partial charge >= 0.3 is 11.9 Å². The number of aryl methyl sites for hydroxylation is 1. The minimum absolute atomic E-state index is 0.293. The van der Waals surface area contributed by atoms with E-state index < -0.39 is 18.0 Å². The van der Waals surface area contributed by atoms with Crippen LogP contribution in [0.15, 0.2) is 6.33 Å². The first-order valence-corrected chi connectivity index (χ1v) is 7.57. The van der Waals surface area contributed by atoms with Crippen LogP contribution in [0.5, 0.6) is 0 Å². The first kappa shape index (κ1) is 16.2. The van der Waals surface area contributed by atoms with Crippen molar-refractivity contribution < 1.29 is 19.4 Å². The molecule has 0 saturated heterocycles. The number of carboxylic acid groups (broad SMARTS) is 1. The summed E-state index contributed by atoms with van der Waals surface area (Å²) in [5.41, 5.74) is 0.707. The van der Waals surface area contributed by atoms with Gasteiger partial charge in [-0.25, -0.2) is 19.6 Å². The molecule has 8 heteroatoms. The number of aromatic nitrogens is 2. The molecule has 0 spiro atoms. The summed E-state index contributed by atoms with van der Waals surface area (Å²) in [5.74, 6) is -0.861. The highest BCUT2D eigenvalue weighted by molar-refractivity contribution is 7.20. The summed E-state index contributed by atoms with van der Waals surface area (Å²) in [7, 11) is 1.65. The number of esters is 1. The molecule has 1 N–H and O–H groups in total. The van der Waals surface area contributed by atoms with E-state index >= 15 is 0 Å². The molecule has 0 saturated carbocycles. The van der Waals surface area contributed by atoms with Crippen LogP contribution in [-0.2, 0) is 9.53 Å². The number of ether oxygens (including phenoxy) is 1. The van der Waals surface area contributed by atoms with E-state index in [9.17, 15) is 9.59 Å². The zero-order valence-corrected chi connectivity index (χ0v) is 13.6. The molecule has 1 atom stereocenters. The van der Waals surface area contributed by atoms with Gasteiger partial charge in [-0.05, 0) is 26.3 Å². The number of anilines is 1. The van der Waals surface area contributed by atoms with E-state index in [0.29, 0.717) is 33.1 Å². The number of thiophene rings is 1. The number of nitrogens with zero attached hydrogens (tertiary/aromatic N) is 3. The number of carbonyl (C=O) groups is 2. The van der Waals surface area contributed by atoms with Gasteiger partial charge in [0.1, 0.15) is 27.9 Å². The lowest BCUT2D eigenvalue weighted by molar-refractivity contribution is -0.138. The van der Waals surface area contributed by atoms with Crippen molar-refractivity contribution in [1.29, 1.82) is 0 Å². The molecule has 0 aliphatic carbocycles. The number of carbonyl (C=O) groups excluding carboxylic acids is 1. The Hall–Kier alpha value is -2.22. The Balaban J connectivity index is 2.58. The molecule has 0 amide bonds. The van der Waals surface area contributed by atoms with Crippen LogP contribution in [0.3, 0.4) is 0 Å². The molecule has 0 aliphatic rings. The number of hydrogen-bond acceptors (Lipinski definition) is 7. The largest absolute Gasteiger partial charge is 0.480 e. The monoisotopic (exact) mass is 323 g/mol. The molecule has 1 unspecified atom stereocenters. The lowest BCUT2D eigenvalue weighted by Gasteiger charge is -2.23. The summed E-state index contributed by atoms with van der Waals surface area (Å²) in [6, 6.07) is -0.747. The molecule has 0 aromatic carbocycles. The van der Waals surface area contributed by atoms with E-state index in [4.69, 9.17) is 9.84 Å². The third-order valence-corrected chi connectivity index (χ3v) is 4.62. The lowest BCUT2D eigenvalue weighted by atomic mass is 10.2. The first-order chi connectivity index (χ1) is 10.4. The Morgan fingerprint density at radius 2 is 2.14 bits per heavy atom. The predicted molar refractivity (Wildman–Crippen MR) is 83.6 cm³/mol. The minimum Gasteiger partial charge on any atom is -0.480 e. The van der Waals surface area contributed by atoms with Crippen LogP contribution in [0.2, 0.25) is 0 Å². The van der Waals surface area contributed by atoms with Gasteiger partial charge in [0.15, 0.2) is 0 Å². The Morgan fingerprint density at radius 1 is 1.45 bits per heavy atom. The summed E-state index contributed by atoms with van der Waals surface area (Å²) < 4.78 is 5.04. The summed E-state index contributed by atoms with van der Waals surface area (Å²) in [6.45, 7) is 5.40. The van der Waals surface area contributed by atoms with Crippen molar-refractivity contribution in [2.24, 2.45) is 0 Å². The Labute approximate surface area is 131 Å². The zero-order chi connectivity index (χ0) is 16.4. The number of aliphatic carboxylic acids is 1. The number of likely N-dealkylation sites (N-methyl/N-ethyl adjacent to an activating group) is 1. The fourth-order valence-corrected chi connectivity index (χ4v) is 3.10. The molecule has 2 heterocycles. The molecule has 2 aromatic rings. The third kappa shape index (κ3) is 2.74. The van der Waals surface area contributed by atoms with Gasteiger partial charge in [0.25, 0.3) is 0 Å². The van der Waals surface area contributed by atoms with Gasteiger partial charge in [-0.3, -0.25) is 0 Å². The van der Waals surface area contributed by atoms with Crippen molar-refractivity contribution in [1.82, 2.24) is 9.97 Å². The van der Waals surface area contributed by atoms with Crippen molar-refractivity contribution in [3.05, 3.63) is 16.8 Å². The van der Waals surface area contributed by atoms with E-state index in [1.54, 1.807) is 32.7 Å². The predicted octanol–water partition coefficient (Wildman–Crippen LogP) is 2.09. The molecule has 0 aliphatic heterocycles. The Kier molecular flexibility index (Phi) is 4.60. The molecular weight excluding hydrogens is 306 g/mol. The van der Waals surface area contributed by atoms with Crippen LogP contribution in [-0.4, -0.2) is 46.7 Å². The van der Waals surface area contributed by atoms with Gasteiger partial charge in [-0.15, -0.1) is 11.3 Å². The maximum Gasteiger partial charge on any atom is 0.348 e. The second-order valence-electron chi connectivity index (χ2n) is 4.78. The number of carboxylic acids is 1. The van der Waals surface area contributed by atoms with Crippen molar-refractivity contribution in [2.45, 2.75) is 26.8 Å². The highest BCUT2D eigenvalue weighted by Gasteiger charge is 2.25. The third-order valence-electron chi connectivity index (χ3n) is 3.44. The summed E-state index contributed by atoms with van der Waals surface area (Å²) in [4.78, 5) is 34.2. The number of hydrogen-bond donors (Lipinski definition) is 1. The smallest absolute Gasteiger partial charge is 0.348 e. The van der Waals surface area contributed by atoms with Gasteiger partial charge in [-0.2, -0.15) is 0 Å². The van der Waals surface area contributed by atoms with Crippen LogP contribution in [0.1, 0.15) is 29.1 Å². The minimum atomic E-state index is -0.951. The SMILES string of the molecule is CCOC(=O)c1sc2ncnc(N(C)C(C)C(=O)O)c2c1C. The average Bonchev–Trinajstić information content (AvgIpc) is 2.83. The molecule has 2 aromatic heterocycles. The van der Waals surface area contributed by atoms with E-state index in [1.807, 2.05) is 0 Å². The van der Waals surface area contributed by atoms with E-state index in [-0.39, 0.29) is 0 Å². The van der Waals surface area contributed by atoms with Crippen LogP contribution < -0.4 is 4.90 Å². The molecular formula is C14H17N3O4S. The Bertz CT molecular complexity index is 728. The van der Waals surface area contributed by atoms with E-state index in [2.05, 4.69) is 9.97 Å². The average molecular weight is 323 g/mol. The highest BCUT2D eigenvalue weighted by atomic mass is 32.1. The first-order valence-electron chi connectivity index (χ1n) is 6.75. The summed E-state index contributed by atoms with van der Waals surface area (Å²) >= 11 is 1.22. The highest BCUT2D eigenvalue weighted by Crippen LogP contribution is 2.35. The van der Waals surface area contributed by atoms with Crippen LogP contribution in [0.4, 0.5) is 5.82 Å². The Morgan fingerprint density at radius 3 is 2.73 bits per heavy atom. The van der Waals surface area contributed by atoms with Crippen LogP contribution in [0, 0.1) is 6.92 Å². The normalized spacial score (nSPS) is 12.2. The van der Waals surface area contributed by atoms with Crippen LogP contribution >= 0.6 is 11.3 Å². The van der Waals surface area contributed by atoms with E-state index in [0.717, 1.165) is 0 Å². The number of rotatable bonds is 5. The fourth-order valence-electron chi connectivity index (χ4n) is 2.06. The van der Waals surface area contributed by atoms with Gasteiger partial charge in [0, 0.05) is 7.05 Å². The zero-order valence-electron chi connectivity index (χ0n) is 12.8. The lowest BCUT2D eigenvalue weighted by Crippen LogP contribution is -2.36. The molecule has 0 bridgehead atoms. The quantitative estimate of drug-likeness (QED) is 0.842. The number of fused-ring (bicyclic) bond motifs is 1.